The Hall–Kier alpha value is -1.37. The quantitative estimate of drug-likeness (QED) is 0.835. The molecule has 0 aromatic carbocycles. The number of halogens is 1. The Bertz CT molecular complexity index is 476. The molecule has 0 bridgehead atoms. The molecule has 1 aliphatic heterocycles. The summed E-state index contributed by atoms with van der Waals surface area (Å²) in [6.07, 6.45) is 1.72. The number of aromatic nitrogens is 1. The van der Waals surface area contributed by atoms with E-state index >= 15 is 0 Å². The Morgan fingerprint density at radius 3 is 2.64 bits per heavy atom. The summed E-state index contributed by atoms with van der Waals surface area (Å²) in [5.74, 6) is 0.671. The van der Waals surface area contributed by atoms with E-state index in [2.05, 4.69) is 20.1 Å². The van der Waals surface area contributed by atoms with Gasteiger partial charge in [0.2, 0.25) is 0 Å². The van der Waals surface area contributed by atoms with Crippen LogP contribution in [-0.4, -0.2) is 66.3 Å². The van der Waals surface area contributed by atoms with Crippen molar-refractivity contribution in [3.63, 3.8) is 0 Å². The second kappa shape index (κ2) is 8.92. The molecule has 1 aliphatic rings. The number of rotatable bonds is 5. The molecule has 0 aliphatic carbocycles. The number of aliphatic hydroxyl groups excluding tert-OH is 1. The van der Waals surface area contributed by atoms with E-state index in [9.17, 15) is 4.79 Å². The number of carbonyl (C=O) groups is 1. The van der Waals surface area contributed by atoms with Gasteiger partial charge < -0.3 is 15.3 Å². The van der Waals surface area contributed by atoms with E-state index in [4.69, 9.17) is 5.11 Å². The van der Waals surface area contributed by atoms with Crippen LogP contribution in [0, 0.1) is 0 Å². The van der Waals surface area contributed by atoms with Crippen molar-refractivity contribution in [3.8, 4) is 0 Å². The molecule has 2 rings (SSSR count). The average molecular weight is 329 g/mol. The van der Waals surface area contributed by atoms with E-state index < -0.39 is 0 Å². The Labute approximate surface area is 137 Å². The Morgan fingerprint density at radius 1 is 1.36 bits per heavy atom. The number of anilines is 1. The molecule has 1 fully saturated rings. The zero-order valence-electron chi connectivity index (χ0n) is 13.2. The number of amides is 1. The summed E-state index contributed by atoms with van der Waals surface area (Å²) in [5.41, 5.74) is 0.627. The SMILES string of the molecule is CC(C)NC(=O)c1cccnc1N1CCN(CCO)CC1.Cl. The van der Waals surface area contributed by atoms with E-state index in [1.54, 1.807) is 12.3 Å². The van der Waals surface area contributed by atoms with Gasteiger partial charge in [0, 0.05) is 45.0 Å². The van der Waals surface area contributed by atoms with Gasteiger partial charge in [0.25, 0.3) is 5.91 Å². The lowest BCUT2D eigenvalue weighted by atomic mass is 10.2. The number of nitrogens with zero attached hydrogens (tertiary/aromatic N) is 3. The molecule has 7 heteroatoms. The van der Waals surface area contributed by atoms with Crippen LogP contribution in [0.15, 0.2) is 18.3 Å². The zero-order chi connectivity index (χ0) is 15.2. The van der Waals surface area contributed by atoms with Gasteiger partial charge in [-0.15, -0.1) is 12.4 Å². The monoisotopic (exact) mass is 328 g/mol. The van der Waals surface area contributed by atoms with Crippen LogP contribution in [0.2, 0.25) is 0 Å². The molecule has 0 saturated carbocycles. The van der Waals surface area contributed by atoms with Gasteiger partial charge in [-0.25, -0.2) is 4.98 Å². The topological polar surface area (TPSA) is 68.7 Å². The summed E-state index contributed by atoms with van der Waals surface area (Å²) in [7, 11) is 0. The largest absolute Gasteiger partial charge is 0.395 e. The lowest BCUT2D eigenvalue weighted by Gasteiger charge is -2.35. The number of carbonyl (C=O) groups excluding carboxylic acids is 1. The Kier molecular flexibility index (Phi) is 7.58. The second-order valence-electron chi connectivity index (χ2n) is 5.56. The minimum Gasteiger partial charge on any atom is -0.395 e. The van der Waals surface area contributed by atoms with E-state index in [0.29, 0.717) is 12.1 Å². The summed E-state index contributed by atoms with van der Waals surface area (Å²) >= 11 is 0. The highest BCUT2D eigenvalue weighted by Crippen LogP contribution is 2.19. The zero-order valence-corrected chi connectivity index (χ0v) is 14.0. The van der Waals surface area contributed by atoms with E-state index in [1.807, 2.05) is 19.9 Å². The van der Waals surface area contributed by atoms with Crippen molar-refractivity contribution in [2.75, 3.05) is 44.2 Å². The molecule has 1 aromatic rings. The van der Waals surface area contributed by atoms with Crippen molar-refractivity contribution in [2.45, 2.75) is 19.9 Å². The van der Waals surface area contributed by atoms with Crippen molar-refractivity contribution < 1.29 is 9.90 Å². The van der Waals surface area contributed by atoms with E-state index in [1.165, 1.54) is 0 Å². The molecule has 124 valence electrons. The maximum absolute atomic E-state index is 12.3. The van der Waals surface area contributed by atoms with Crippen LogP contribution < -0.4 is 10.2 Å². The molecule has 22 heavy (non-hydrogen) atoms. The van der Waals surface area contributed by atoms with Crippen molar-refractivity contribution in [3.05, 3.63) is 23.9 Å². The van der Waals surface area contributed by atoms with Crippen molar-refractivity contribution in [1.29, 1.82) is 0 Å². The van der Waals surface area contributed by atoms with Crippen LogP contribution in [0.5, 0.6) is 0 Å². The van der Waals surface area contributed by atoms with Gasteiger partial charge in [-0.1, -0.05) is 0 Å². The van der Waals surface area contributed by atoms with Crippen molar-refractivity contribution >= 4 is 24.1 Å². The second-order valence-corrected chi connectivity index (χ2v) is 5.56. The molecular formula is C15H25ClN4O2. The lowest BCUT2D eigenvalue weighted by Crippen LogP contribution is -2.48. The van der Waals surface area contributed by atoms with Crippen LogP contribution in [0.1, 0.15) is 24.2 Å². The summed E-state index contributed by atoms with van der Waals surface area (Å²) in [4.78, 5) is 21.0. The van der Waals surface area contributed by atoms with E-state index in [0.717, 1.165) is 32.0 Å². The fraction of sp³-hybridized carbons (Fsp3) is 0.600. The number of hydrogen-bond acceptors (Lipinski definition) is 5. The standard InChI is InChI=1S/C15H24N4O2.ClH/c1-12(2)17-15(21)13-4-3-5-16-14(13)19-8-6-18(7-9-19)10-11-20;/h3-5,12,20H,6-11H2,1-2H3,(H,17,21);1H. The fourth-order valence-electron chi connectivity index (χ4n) is 2.49. The van der Waals surface area contributed by atoms with Crippen LogP contribution in [0.4, 0.5) is 5.82 Å². The summed E-state index contributed by atoms with van der Waals surface area (Å²) in [6, 6.07) is 3.72. The Balaban J connectivity index is 0.00000242. The lowest BCUT2D eigenvalue weighted by molar-refractivity contribution is 0.0943. The van der Waals surface area contributed by atoms with Gasteiger partial charge in [0.05, 0.1) is 12.2 Å². The third-order valence-corrected chi connectivity index (χ3v) is 3.54. The normalized spacial score (nSPS) is 15.5. The van der Waals surface area contributed by atoms with Gasteiger partial charge in [-0.3, -0.25) is 9.69 Å². The molecule has 2 N–H and O–H groups in total. The first-order valence-electron chi connectivity index (χ1n) is 7.46. The van der Waals surface area contributed by atoms with E-state index in [-0.39, 0.29) is 31.0 Å². The molecule has 0 radical (unpaired) electrons. The number of pyridine rings is 1. The number of aliphatic hydroxyl groups is 1. The number of piperazine rings is 1. The minimum absolute atomic E-state index is 0. The van der Waals surface area contributed by atoms with Crippen LogP contribution in [-0.2, 0) is 0 Å². The Morgan fingerprint density at radius 2 is 2.05 bits per heavy atom. The molecule has 1 amide bonds. The molecule has 2 heterocycles. The maximum Gasteiger partial charge on any atom is 0.255 e. The maximum atomic E-state index is 12.3. The first-order valence-corrected chi connectivity index (χ1v) is 7.46. The average Bonchev–Trinajstić information content (AvgIpc) is 2.48. The smallest absolute Gasteiger partial charge is 0.255 e. The summed E-state index contributed by atoms with van der Waals surface area (Å²) in [5, 5.41) is 11.9. The molecule has 0 atom stereocenters. The number of β-amino-alcohol motifs (C(OH)–C–C–N with tert-alkyl or cyclic N) is 1. The minimum atomic E-state index is -0.0779. The van der Waals surface area contributed by atoms with Crippen molar-refractivity contribution in [2.24, 2.45) is 0 Å². The molecule has 0 spiro atoms. The number of hydrogen-bond donors (Lipinski definition) is 2. The summed E-state index contributed by atoms with van der Waals surface area (Å²) in [6.45, 7) is 8.17. The molecule has 6 nitrogen and oxygen atoms in total. The predicted octanol–water partition coefficient (Wildman–Crippen LogP) is 0.756. The molecule has 0 unspecified atom stereocenters. The highest BCUT2D eigenvalue weighted by Gasteiger charge is 2.22. The van der Waals surface area contributed by atoms with Gasteiger partial charge in [-0.05, 0) is 26.0 Å². The molecule has 1 aromatic heterocycles. The highest BCUT2D eigenvalue weighted by molar-refractivity contribution is 5.99. The molecule has 1 saturated heterocycles. The predicted molar refractivity (Wildman–Crippen MR) is 89.8 cm³/mol. The third-order valence-electron chi connectivity index (χ3n) is 3.54. The van der Waals surface area contributed by atoms with Gasteiger partial charge in [0.1, 0.15) is 5.82 Å². The van der Waals surface area contributed by atoms with Crippen LogP contribution in [0.3, 0.4) is 0 Å². The summed E-state index contributed by atoms with van der Waals surface area (Å²) < 4.78 is 0. The van der Waals surface area contributed by atoms with Crippen LogP contribution >= 0.6 is 12.4 Å². The first-order chi connectivity index (χ1) is 10.1. The van der Waals surface area contributed by atoms with Crippen LogP contribution in [0.25, 0.3) is 0 Å². The van der Waals surface area contributed by atoms with Crippen molar-refractivity contribution in [1.82, 2.24) is 15.2 Å². The highest BCUT2D eigenvalue weighted by atomic mass is 35.5. The van der Waals surface area contributed by atoms with Gasteiger partial charge >= 0.3 is 0 Å². The first kappa shape index (κ1) is 18.7. The number of nitrogens with one attached hydrogen (secondary N) is 1. The van der Waals surface area contributed by atoms with Gasteiger partial charge in [-0.2, -0.15) is 0 Å². The third kappa shape index (κ3) is 4.83. The fourth-order valence-corrected chi connectivity index (χ4v) is 2.49. The van der Waals surface area contributed by atoms with Gasteiger partial charge in [0.15, 0.2) is 0 Å². The molecular weight excluding hydrogens is 304 g/mol.